The van der Waals surface area contributed by atoms with Crippen LogP contribution in [0.5, 0.6) is 0 Å². The van der Waals surface area contributed by atoms with E-state index >= 15 is 0 Å². The molecule has 0 atom stereocenters. The van der Waals surface area contributed by atoms with Crippen molar-refractivity contribution in [1.29, 1.82) is 0 Å². The minimum absolute atomic E-state index is 0. The molecule has 0 unspecified atom stereocenters. The van der Waals surface area contributed by atoms with Gasteiger partial charge in [-0.05, 0) is 0 Å². The minimum atomic E-state index is -1.98. The molecule has 0 aliphatic carbocycles. The van der Waals surface area contributed by atoms with Crippen molar-refractivity contribution in [2.75, 3.05) is 0 Å². The van der Waals surface area contributed by atoms with E-state index in [0.717, 1.165) is 0 Å². The fraction of sp³-hybridized carbons (Fsp3) is 0. The van der Waals surface area contributed by atoms with E-state index in [4.69, 9.17) is 0 Å². The van der Waals surface area contributed by atoms with Crippen molar-refractivity contribution in [3.63, 3.8) is 0 Å². The van der Waals surface area contributed by atoms with Crippen molar-refractivity contribution in [1.82, 2.24) is 6.15 Å². The SMILES string of the molecule is [NH4+].[O]=[V][O]C(=O)C(=O)[O-]. The van der Waals surface area contributed by atoms with Crippen LogP contribution in [-0.2, 0) is 33.5 Å². The van der Waals surface area contributed by atoms with Gasteiger partial charge in [0.15, 0.2) is 0 Å². The summed E-state index contributed by atoms with van der Waals surface area (Å²) >= 11 is -1.87. The van der Waals surface area contributed by atoms with Crippen LogP contribution in [0.2, 0.25) is 0 Å². The monoisotopic (exact) mass is 173 g/mol. The van der Waals surface area contributed by atoms with E-state index in [2.05, 4.69) is 3.66 Å². The van der Waals surface area contributed by atoms with Crippen LogP contribution in [0.25, 0.3) is 0 Å². The molecule has 0 aliphatic heterocycles. The molecule has 0 saturated carbocycles. The zero-order valence-corrected chi connectivity index (χ0v) is 5.89. The Kier molecular flexibility index (Phi) is 6.71. The predicted octanol–water partition coefficient (Wildman–Crippen LogP) is -2.00. The van der Waals surface area contributed by atoms with Crippen LogP contribution in [0.4, 0.5) is 0 Å². The van der Waals surface area contributed by atoms with Crippen molar-refractivity contribution >= 4 is 11.9 Å². The second kappa shape index (κ2) is 5.42. The first-order chi connectivity index (χ1) is 3.68. The molecular formula is C2H4NO5V. The molecular weight excluding hydrogens is 169 g/mol. The number of carbonyl (C=O) groups is 2. The molecule has 0 aliphatic rings. The fourth-order valence-corrected chi connectivity index (χ4v) is 0.293. The standard InChI is InChI=1S/C2H2O4.H3N.O.V/c3-1(4)2(5)6;;;/h(H,3,4)(H,5,6);1H3;;/q;;;+1/p-1. The molecule has 0 radical (unpaired) electrons. The Hall–Kier alpha value is -0.716. The molecule has 6 nitrogen and oxygen atoms in total. The number of rotatable bonds is 1. The Bertz CT molecular complexity index is 133. The van der Waals surface area contributed by atoms with Gasteiger partial charge in [-0.1, -0.05) is 0 Å². The van der Waals surface area contributed by atoms with Gasteiger partial charge in [0.1, 0.15) is 0 Å². The van der Waals surface area contributed by atoms with E-state index in [9.17, 15) is 18.4 Å². The molecule has 0 amide bonds. The van der Waals surface area contributed by atoms with Crippen molar-refractivity contribution in [2.45, 2.75) is 0 Å². The topological polar surface area (TPSA) is 120 Å². The third kappa shape index (κ3) is 5.15. The number of quaternary nitrogens is 1. The molecule has 4 N–H and O–H groups in total. The van der Waals surface area contributed by atoms with Gasteiger partial charge in [0, 0.05) is 0 Å². The molecule has 0 heterocycles. The van der Waals surface area contributed by atoms with E-state index in [-0.39, 0.29) is 6.15 Å². The Morgan fingerprint density at radius 1 is 1.44 bits per heavy atom. The Morgan fingerprint density at radius 2 is 1.89 bits per heavy atom. The quantitative estimate of drug-likeness (QED) is 0.459. The number of hydrogen-bond acceptors (Lipinski definition) is 5. The van der Waals surface area contributed by atoms with Gasteiger partial charge in [-0.15, -0.1) is 0 Å². The molecule has 0 aromatic heterocycles. The van der Waals surface area contributed by atoms with Gasteiger partial charge in [-0.2, -0.15) is 0 Å². The molecule has 52 valence electrons. The molecule has 0 spiro atoms. The Morgan fingerprint density at radius 3 is 2.00 bits per heavy atom. The Labute approximate surface area is 57.4 Å². The van der Waals surface area contributed by atoms with Crippen LogP contribution >= 0.6 is 0 Å². The first kappa shape index (κ1) is 11.1. The van der Waals surface area contributed by atoms with Crippen LogP contribution in [0, 0.1) is 0 Å². The van der Waals surface area contributed by atoms with Gasteiger partial charge >= 0.3 is 50.6 Å². The van der Waals surface area contributed by atoms with Gasteiger partial charge in [-0.3, -0.25) is 0 Å². The fourth-order valence-electron chi connectivity index (χ4n) is 0.0711. The van der Waals surface area contributed by atoms with Gasteiger partial charge in [-0.25, -0.2) is 0 Å². The van der Waals surface area contributed by atoms with E-state index < -0.39 is 28.5 Å². The average molecular weight is 173 g/mol. The summed E-state index contributed by atoms with van der Waals surface area (Å²) in [5, 5.41) is 9.38. The molecule has 0 rings (SSSR count). The Balaban J connectivity index is 0. The van der Waals surface area contributed by atoms with Crippen LogP contribution in [0.1, 0.15) is 0 Å². The van der Waals surface area contributed by atoms with Gasteiger partial charge < -0.3 is 6.15 Å². The van der Waals surface area contributed by atoms with Crippen LogP contribution < -0.4 is 11.3 Å². The zero-order chi connectivity index (χ0) is 6.57. The van der Waals surface area contributed by atoms with E-state index in [1.165, 1.54) is 0 Å². The molecule has 0 bridgehead atoms. The third-order valence-corrected chi connectivity index (χ3v) is 0.662. The second-order valence-corrected chi connectivity index (χ2v) is 1.26. The van der Waals surface area contributed by atoms with Crippen molar-refractivity contribution < 1.29 is 38.6 Å². The van der Waals surface area contributed by atoms with Gasteiger partial charge in [0.25, 0.3) is 0 Å². The number of aliphatic carboxylic acids is 1. The summed E-state index contributed by atoms with van der Waals surface area (Å²) in [4.78, 5) is 19.1. The molecule has 0 aromatic carbocycles. The zero-order valence-electron chi connectivity index (χ0n) is 4.49. The van der Waals surface area contributed by atoms with Crippen molar-refractivity contribution in [2.24, 2.45) is 0 Å². The summed E-state index contributed by atoms with van der Waals surface area (Å²) in [6.45, 7) is 0. The summed E-state index contributed by atoms with van der Waals surface area (Å²) in [5.74, 6) is -3.56. The summed E-state index contributed by atoms with van der Waals surface area (Å²) in [6.07, 6.45) is 0. The number of carbonyl (C=O) groups excluding carboxylic acids is 2. The molecule has 9 heavy (non-hydrogen) atoms. The summed E-state index contributed by atoms with van der Waals surface area (Å²) in [7, 11) is 0. The number of hydrogen-bond donors (Lipinski definition) is 1. The van der Waals surface area contributed by atoms with E-state index in [1.54, 1.807) is 0 Å². The van der Waals surface area contributed by atoms with Crippen LogP contribution in [0.3, 0.4) is 0 Å². The van der Waals surface area contributed by atoms with Crippen molar-refractivity contribution in [3.05, 3.63) is 0 Å². The summed E-state index contributed by atoms with van der Waals surface area (Å²) in [6, 6.07) is 0. The van der Waals surface area contributed by atoms with Gasteiger partial charge in [0.05, 0.1) is 0 Å². The van der Waals surface area contributed by atoms with Crippen LogP contribution in [-0.4, -0.2) is 11.9 Å². The number of carboxylic acids is 1. The first-order valence-corrected chi connectivity index (χ1v) is 2.57. The first-order valence-electron chi connectivity index (χ1n) is 1.43. The second-order valence-electron chi connectivity index (χ2n) is 0.741. The molecule has 0 fully saturated rings. The van der Waals surface area contributed by atoms with E-state index in [1.807, 2.05) is 0 Å². The van der Waals surface area contributed by atoms with Gasteiger partial charge in [0.2, 0.25) is 0 Å². The summed E-state index contributed by atoms with van der Waals surface area (Å²) in [5.41, 5.74) is 0. The van der Waals surface area contributed by atoms with Crippen LogP contribution in [0.15, 0.2) is 0 Å². The maximum absolute atomic E-state index is 9.68. The normalized spacial score (nSPS) is 6.67. The average Bonchev–Trinajstić information content (AvgIpc) is 1.67. The van der Waals surface area contributed by atoms with Crippen molar-refractivity contribution in [3.8, 4) is 0 Å². The number of carboxylic acid groups (broad SMARTS) is 1. The third-order valence-electron chi connectivity index (χ3n) is 0.287. The molecule has 0 aromatic rings. The molecule has 0 saturated heterocycles. The van der Waals surface area contributed by atoms with E-state index in [0.29, 0.717) is 0 Å². The summed E-state index contributed by atoms with van der Waals surface area (Å²) < 4.78 is 12.9. The predicted molar refractivity (Wildman–Crippen MR) is 17.8 cm³/mol. The molecule has 7 heteroatoms. The maximum atomic E-state index is 9.68.